The predicted octanol–water partition coefficient (Wildman–Crippen LogP) is 1.36. The van der Waals surface area contributed by atoms with Crippen LogP contribution in [0.15, 0.2) is 18.2 Å². The van der Waals surface area contributed by atoms with Crippen LogP contribution in [-0.4, -0.2) is 51.2 Å². The second-order valence-corrected chi connectivity index (χ2v) is 5.49. The lowest BCUT2D eigenvalue weighted by Gasteiger charge is -2.13. The highest BCUT2D eigenvalue weighted by atomic mass is 35.5. The number of carbonyl (C=O) groups is 2. The Balaban J connectivity index is 0.00000576. The topological polar surface area (TPSA) is 88.7 Å². The number of methoxy groups -OCH3 is 1. The second kappa shape index (κ2) is 12.4. The molecule has 0 spiro atoms. The van der Waals surface area contributed by atoms with Crippen LogP contribution >= 0.6 is 12.4 Å². The summed E-state index contributed by atoms with van der Waals surface area (Å²) in [5.41, 5.74) is 0.474. The van der Waals surface area contributed by atoms with Gasteiger partial charge in [0.25, 0.3) is 11.8 Å². The van der Waals surface area contributed by atoms with E-state index in [1.807, 2.05) is 20.8 Å². The number of nitrogens with one attached hydrogen (secondary N) is 3. The number of amides is 2. The molecule has 1 rings (SSSR count). The summed E-state index contributed by atoms with van der Waals surface area (Å²) in [4.78, 5) is 23.7. The SMILES string of the molecule is CCNCCNC(=O)c1ccc(OCC(=O)NC(C)C)c(OC)c1.Cl. The van der Waals surface area contributed by atoms with E-state index in [2.05, 4.69) is 16.0 Å². The second-order valence-electron chi connectivity index (χ2n) is 5.49. The van der Waals surface area contributed by atoms with Crippen LogP contribution in [0, 0.1) is 0 Å². The van der Waals surface area contributed by atoms with Gasteiger partial charge in [-0.25, -0.2) is 0 Å². The average molecular weight is 374 g/mol. The van der Waals surface area contributed by atoms with E-state index >= 15 is 0 Å². The molecule has 1 aromatic carbocycles. The van der Waals surface area contributed by atoms with E-state index in [9.17, 15) is 9.59 Å². The standard InChI is InChI=1S/C17H27N3O4.ClH/c1-5-18-8-9-19-17(22)13-6-7-14(15(10-13)23-4)24-11-16(21)20-12(2)3;/h6-7,10,12,18H,5,8-9,11H2,1-4H3,(H,19,22)(H,20,21);1H. The molecule has 7 nitrogen and oxygen atoms in total. The van der Waals surface area contributed by atoms with Gasteiger partial charge in [-0.1, -0.05) is 6.92 Å². The number of benzene rings is 1. The Morgan fingerprint density at radius 2 is 1.88 bits per heavy atom. The van der Waals surface area contributed by atoms with E-state index in [0.717, 1.165) is 6.54 Å². The van der Waals surface area contributed by atoms with Gasteiger partial charge in [0.1, 0.15) is 0 Å². The van der Waals surface area contributed by atoms with Crippen molar-refractivity contribution < 1.29 is 19.1 Å². The fourth-order valence-corrected chi connectivity index (χ4v) is 1.98. The van der Waals surface area contributed by atoms with Crippen LogP contribution in [0.25, 0.3) is 0 Å². The van der Waals surface area contributed by atoms with Gasteiger partial charge >= 0.3 is 0 Å². The van der Waals surface area contributed by atoms with Crippen molar-refractivity contribution in [2.45, 2.75) is 26.8 Å². The predicted molar refractivity (Wildman–Crippen MR) is 99.9 cm³/mol. The Hall–Kier alpha value is -1.99. The van der Waals surface area contributed by atoms with Gasteiger partial charge < -0.3 is 25.4 Å². The van der Waals surface area contributed by atoms with Gasteiger partial charge in [-0.15, -0.1) is 12.4 Å². The number of rotatable bonds is 10. The van der Waals surface area contributed by atoms with Crippen LogP contribution in [0.4, 0.5) is 0 Å². The van der Waals surface area contributed by atoms with E-state index in [1.165, 1.54) is 7.11 Å². The summed E-state index contributed by atoms with van der Waals surface area (Å²) in [7, 11) is 1.49. The molecular formula is C17H28ClN3O4. The van der Waals surface area contributed by atoms with Crippen LogP contribution in [0.5, 0.6) is 11.5 Å². The van der Waals surface area contributed by atoms with Gasteiger partial charge in [-0.3, -0.25) is 9.59 Å². The molecule has 0 radical (unpaired) electrons. The molecule has 0 aliphatic heterocycles. The Kier molecular flexibility index (Phi) is 11.4. The van der Waals surface area contributed by atoms with Gasteiger partial charge in [-0.05, 0) is 38.6 Å². The van der Waals surface area contributed by atoms with Gasteiger partial charge in [0, 0.05) is 24.7 Å². The summed E-state index contributed by atoms with van der Waals surface area (Å²) >= 11 is 0. The molecule has 142 valence electrons. The molecule has 0 aliphatic carbocycles. The maximum atomic E-state index is 12.1. The molecule has 0 bridgehead atoms. The monoisotopic (exact) mass is 373 g/mol. The molecule has 0 aromatic heterocycles. The largest absolute Gasteiger partial charge is 0.493 e. The molecule has 25 heavy (non-hydrogen) atoms. The Labute approximate surface area is 155 Å². The summed E-state index contributed by atoms with van der Waals surface area (Å²) in [6.45, 7) is 7.77. The van der Waals surface area contributed by atoms with E-state index in [-0.39, 0.29) is 36.9 Å². The smallest absolute Gasteiger partial charge is 0.258 e. The molecule has 0 aliphatic rings. The first kappa shape index (κ1) is 23.0. The van der Waals surface area contributed by atoms with Crippen molar-refractivity contribution in [3.63, 3.8) is 0 Å². The molecule has 0 saturated heterocycles. The number of carbonyl (C=O) groups excluding carboxylic acids is 2. The lowest BCUT2D eigenvalue weighted by atomic mass is 10.2. The van der Waals surface area contributed by atoms with E-state index < -0.39 is 0 Å². The molecule has 0 saturated carbocycles. The van der Waals surface area contributed by atoms with Gasteiger partial charge in [-0.2, -0.15) is 0 Å². The molecule has 0 unspecified atom stereocenters. The third-order valence-electron chi connectivity index (χ3n) is 3.07. The number of hydrogen-bond acceptors (Lipinski definition) is 5. The minimum absolute atomic E-state index is 0. The number of ether oxygens (including phenoxy) is 2. The van der Waals surface area contributed by atoms with Crippen LogP contribution in [0.3, 0.4) is 0 Å². The van der Waals surface area contributed by atoms with Crippen LogP contribution in [0.1, 0.15) is 31.1 Å². The maximum absolute atomic E-state index is 12.1. The highest BCUT2D eigenvalue weighted by molar-refractivity contribution is 5.94. The van der Waals surface area contributed by atoms with Crippen LogP contribution in [-0.2, 0) is 4.79 Å². The summed E-state index contributed by atoms with van der Waals surface area (Å²) in [5, 5.41) is 8.68. The van der Waals surface area contributed by atoms with Crippen molar-refractivity contribution in [2.24, 2.45) is 0 Å². The Bertz CT molecular complexity index is 553. The highest BCUT2D eigenvalue weighted by Crippen LogP contribution is 2.28. The Morgan fingerprint density at radius 3 is 2.48 bits per heavy atom. The van der Waals surface area contributed by atoms with Crippen molar-refractivity contribution in [3.05, 3.63) is 23.8 Å². The van der Waals surface area contributed by atoms with Crippen LogP contribution < -0.4 is 25.4 Å². The Morgan fingerprint density at radius 1 is 1.16 bits per heavy atom. The number of hydrogen-bond donors (Lipinski definition) is 3. The lowest BCUT2D eigenvalue weighted by Crippen LogP contribution is -2.34. The number of likely N-dealkylation sites (N-methyl/N-ethyl adjacent to an activating group) is 1. The lowest BCUT2D eigenvalue weighted by molar-refractivity contribution is -0.123. The number of halogens is 1. The molecular weight excluding hydrogens is 346 g/mol. The first-order chi connectivity index (χ1) is 11.5. The first-order valence-corrected chi connectivity index (χ1v) is 8.07. The van der Waals surface area contributed by atoms with Crippen molar-refractivity contribution in [3.8, 4) is 11.5 Å². The summed E-state index contributed by atoms with van der Waals surface area (Å²) in [6, 6.07) is 4.91. The third kappa shape index (κ3) is 8.60. The maximum Gasteiger partial charge on any atom is 0.258 e. The van der Waals surface area contributed by atoms with E-state index in [4.69, 9.17) is 9.47 Å². The molecule has 2 amide bonds. The molecule has 0 fully saturated rings. The normalized spacial score (nSPS) is 9.96. The summed E-state index contributed by atoms with van der Waals surface area (Å²) < 4.78 is 10.7. The quantitative estimate of drug-likeness (QED) is 0.539. The van der Waals surface area contributed by atoms with Crippen LogP contribution in [0.2, 0.25) is 0 Å². The fraction of sp³-hybridized carbons (Fsp3) is 0.529. The molecule has 0 atom stereocenters. The first-order valence-electron chi connectivity index (χ1n) is 8.07. The minimum Gasteiger partial charge on any atom is -0.493 e. The van der Waals surface area contributed by atoms with Gasteiger partial charge in [0.2, 0.25) is 0 Å². The van der Waals surface area contributed by atoms with Gasteiger partial charge in [0.15, 0.2) is 18.1 Å². The van der Waals surface area contributed by atoms with E-state index in [1.54, 1.807) is 18.2 Å². The molecule has 3 N–H and O–H groups in total. The fourth-order valence-electron chi connectivity index (χ4n) is 1.98. The molecule has 1 aromatic rings. The van der Waals surface area contributed by atoms with Crippen molar-refractivity contribution >= 4 is 24.2 Å². The average Bonchev–Trinajstić information content (AvgIpc) is 2.55. The molecule has 8 heteroatoms. The van der Waals surface area contributed by atoms with Gasteiger partial charge in [0.05, 0.1) is 7.11 Å². The summed E-state index contributed by atoms with van der Waals surface area (Å²) in [5.74, 6) is 0.430. The summed E-state index contributed by atoms with van der Waals surface area (Å²) in [6.07, 6.45) is 0. The zero-order valence-electron chi connectivity index (χ0n) is 15.2. The van der Waals surface area contributed by atoms with Crippen molar-refractivity contribution in [2.75, 3.05) is 33.4 Å². The minimum atomic E-state index is -0.211. The van der Waals surface area contributed by atoms with E-state index in [0.29, 0.717) is 30.2 Å². The molecule has 0 heterocycles. The third-order valence-corrected chi connectivity index (χ3v) is 3.07. The van der Waals surface area contributed by atoms with Crippen molar-refractivity contribution in [1.82, 2.24) is 16.0 Å². The highest BCUT2D eigenvalue weighted by Gasteiger charge is 2.12. The zero-order valence-corrected chi connectivity index (χ0v) is 16.0. The van der Waals surface area contributed by atoms with Crippen molar-refractivity contribution in [1.29, 1.82) is 0 Å². The zero-order chi connectivity index (χ0) is 17.9.